The molecule has 30 heavy (non-hydrogen) atoms. The molecule has 0 fully saturated rings. The highest BCUT2D eigenvalue weighted by Gasteiger charge is 2.07. The second-order valence-corrected chi connectivity index (χ2v) is 6.74. The van der Waals surface area contributed by atoms with E-state index in [9.17, 15) is 0 Å². The van der Waals surface area contributed by atoms with Crippen molar-refractivity contribution in [1.82, 2.24) is 9.55 Å². The molecule has 3 aromatic rings. The maximum absolute atomic E-state index is 8.37. The van der Waals surface area contributed by atoms with E-state index in [4.69, 9.17) is 28.2 Å². The van der Waals surface area contributed by atoms with Crippen LogP contribution in [0.5, 0.6) is 0 Å². The van der Waals surface area contributed by atoms with Gasteiger partial charge in [0.15, 0.2) is 0 Å². The number of rotatable bonds is 4. The molecule has 0 amide bonds. The van der Waals surface area contributed by atoms with Crippen molar-refractivity contribution < 1.29 is 0 Å². The second-order valence-electron chi connectivity index (χ2n) is 6.30. The molecule has 0 aliphatic heterocycles. The molecule has 0 bridgehead atoms. The number of nitrogens with two attached hydrogens (primary N) is 1. The minimum Gasteiger partial charge on any atom is -0.390 e. The van der Waals surface area contributed by atoms with E-state index in [2.05, 4.69) is 20.3 Å². The summed E-state index contributed by atoms with van der Waals surface area (Å²) in [6.07, 6.45) is 4.90. The van der Waals surface area contributed by atoms with Crippen LogP contribution in [0.3, 0.4) is 0 Å². The van der Waals surface area contributed by atoms with E-state index in [-0.39, 0.29) is 11.3 Å². The summed E-state index contributed by atoms with van der Waals surface area (Å²) in [7, 11) is 1.60. The first kappa shape index (κ1) is 20.9. The zero-order chi connectivity index (χ0) is 21.5. The zero-order valence-electron chi connectivity index (χ0n) is 16.3. The molecule has 9 heteroatoms. The van der Waals surface area contributed by atoms with Crippen LogP contribution in [-0.4, -0.2) is 34.7 Å². The van der Waals surface area contributed by atoms with Crippen molar-refractivity contribution in [2.24, 2.45) is 15.7 Å². The van der Waals surface area contributed by atoms with Gasteiger partial charge in [-0.15, -0.1) is 0 Å². The van der Waals surface area contributed by atoms with Gasteiger partial charge in [-0.05, 0) is 53.1 Å². The van der Waals surface area contributed by atoms with E-state index in [0.29, 0.717) is 23.2 Å². The third-order valence-electron chi connectivity index (χ3n) is 4.25. The lowest BCUT2D eigenvalue weighted by Crippen LogP contribution is -2.27. The highest BCUT2D eigenvalue weighted by molar-refractivity contribution is 6.30. The monoisotopic (exact) mass is 420 g/mol. The Hall–Kier alpha value is -3.78. The summed E-state index contributed by atoms with van der Waals surface area (Å²) in [5.74, 6) is 1.17. The van der Waals surface area contributed by atoms with Crippen LogP contribution >= 0.6 is 11.6 Å². The molecule has 152 valence electrons. The number of anilines is 1. The van der Waals surface area contributed by atoms with E-state index in [1.165, 1.54) is 4.57 Å². The van der Waals surface area contributed by atoms with Crippen molar-refractivity contribution in [3.63, 3.8) is 0 Å². The minimum absolute atomic E-state index is 0.203. The van der Waals surface area contributed by atoms with Crippen LogP contribution in [0.2, 0.25) is 5.02 Å². The molecule has 5 N–H and O–H groups in total. The topological polar surface area (TPSA) is 128 Å². The summed E-state index contributed by atoms with van der Waals surface area (Å²) in [5.41, 5.74) is 8.12. The van der Waals surface area contributed by atoms with Crippen molar-refractivity contribution in [2.45, 2.75) is 6.42 Å². The molecule has 0 saturated carbocycles. The number of hydrogen-bond donors (Lipinski definition) is 4. The van der Waals surface area contributed by atoms with Gasteiger partial charge in [0, 0.05) is 30.9 Å². The Balaban J connectivity index is 1.82. The predicted molar refractivity (Wildman–Crippen MR) is 121 cm³/mol. The SMILES string of the molecule is CN=C(N=CN)Nc1cc(-c2ccn(C(=N)Cc3cccc(Cl)c3)c(=N)c2)ccn1. The molecule has 2 aromatic heterocycles. The van der Waals surface area contributed by atoms with Crippen molar-refractivity contribution in [3.8, 4) is 11.1 Å². The van der Waals surface area contributed by atoms with Crippen molar-refractivity contribution in [1.29, 1.82) is 10.8 Å². The Kier molecular flexibility index (Phi) is 6.71. The third-order valence-corrected chi connectivity index (χ3v) is 4.48. The van der Waals surface area contributed by atoms with Gasteiger partial charge in [-0.2, -0.15) is 0 Å². The van der Waals surface area contributed by atoms with E-state index in [0.717, 1.165) is 23.0 Å². The molecule has 0 aliphatic carbocycles. The smallest absolute Gasteiger partial charge is 0.224 e. The molecular formula is C21H21ClN8. The zero-order valence-corrected chi connectivity index (χ0v) is 17.1. The van der Waals surface area contributed by atoms with Gasteiger partial charge in [0.1, 0.15) is 17.1 Å². The van der Waals surface area contributed by atoms with Gasteiger partial charge in [-0.1, -0.05) is 23.7 Å². The first-order chi connectivity index (χ1) is 14.5. The normalized spacial score (nSPS) is 11.6. The molecule has 0 radical (unpaired) electrons. The summed E-state index contributed by atoms with van der Waals surface area (Å²) in [5, 5.41) is 20.3. The van der Waals surface area contributed by atoms with E-state index >= 15 is 0 Å². The van der Waals surface area contributed by atoms with Gasteiger partial charge in [-0.25, -0.2) is 9.98 Å². The number of aliphatic imine (C=N–C) groups is 2. The Morgan fingerprint density at radius 1 is 1.23 bits per heavy atom. The summed E-state index contributed by atoms with van der Waals surface area (Å²) in [6, 6.07) is 14.6. The number of nitrogens with zero attached hydrogens (tertiary/aromatic N) is 4. The third kappa shape index (κ3) is 5.18. The number of aromatic nitrogens is 2. The van der Waals surface area contributed by atoms with Crippen molar-refractivity contribution in [2.75, 3.05) is 12.4 Å². The molecule has 0 unspecified atom stereocenters. The van der Waals surface area contributed by atoms with Crippen LogP contribution in [0.4, 0.5) is 5.82 Å². The average Bonchev–Trinajstić information content (AvgIpc) is 2.73. The molecule has 3 rings (SSSR count). The fourth-order valence-corrected chi connectivity index (χ4v) is 3.06. The van der Waals surface area contributed by atoms with Crippen molar-refractivity contribution >= 4 is 35.6 Å². The molecule has 0 atom stereocenters. The highest BCUT2D eigenvalue weighted by atomic mass is 35.5. The van der Waals surface area contributed by atoms with Crippen LogP contribution in [0.1, 0.15) is 5.56 Å². The van der Waals surface area contributed by atoms with Crippen LogP contribution in [0, 0.1) is 10.8 Å². The Labute approximate surface area is 178 Å². The predicted octanol–water partition coefficient (Wildman–Crippen LogP) is 3.14. The van der Waals surface area contributed by atoms with Gasteiger partial charge in [0.05, 0.1) is 6.34 Å². The Bertz CT molecular complexity index is 1180. The molecule has 2 heterocycles. The number of nitrogens with one attached hydrogen (secondary N) is 3. The first-order valence-corrected chi connectivity index (χ1v) is 9.42. The maximum Gasteiger partial charge on any atom is 0.224 e. The lowest BCUT2D eigenvalue weighted by atomic mass is 10.1. The van der Waals surface area contributed by atoms with Gasteiger partial charge >= 0.3 is 0 Å². The number of guanidine groups is 1. The van der Waals surface area contributed by atoms with Crippen LogP contribution in [-0.2, 0) is 6.42 Å². The van der Waals surface area contributed by atoms with Gasteiger partial charge < -0.3 is 11.1 Å². The second kappa shape index (κ2) is 9.62. The summed E-state index contributed by atoms with van der Waals surface area (Å²) in [6.45, 7) is 0. The van der Waals surface area contributed by atoms with E-state index in [1.54, 1.807) is 31.6 Å². The minimum atomic E-state index is 0.203. The van der Waals surface area contributed by atoms with Gasteiger partial charge in [0.25, 0.3) is 0 Å². The van der Waals surface area contributed by atoms with E-state index < -0.39 is 0 Å². The molecule has 0 aliphatic rings. The maximum atomic E-state index is 8.37. The average molecular weight is 421 g/mol. The van der Waals surface area contributed by atoms with Crippen LogP contribution in [0.15, 0.2) is 70.9 Å². The molecule has 0 saturated heterocycles. The molecule has 1 aromatic carbocycles. The fourth-order valence-electron chi connectivity index (χ4n) is 2.85. The number of pyridine rings is 2. The van der Waals surface area contributed by atoms with E-state index in [1.807, 2.05) is 36.4 Å². The number of halogens is 1. The Morgan fingerprint density at radius 3 is 2.73 bits per heavy atom. The standard InChI is InChI=1S/C21H21ClN8/c1-26-21(28-13-23)29-20-12-15(5-7-27-20)16-6-8-30(19(25)11-16)18(24)10-14-3-2-4-17(22)9-14/h2-9,11-13,24-25H,10H2,1H3,(H3,23,26,27,28,29). The molecular weight excluding hydrogens is 400 g/mol. The number of benzene rings is 1. The van der Waals surface area contributed by atoms with Crippen LogP contribution in [0.25, 0.3) is 11.1 Å². The number of hydrogen-bond acceptors (Lipinski definition) is 4. The Morgan fingerprint density at radius 2 is 2.03 bits per heavy atom. The quantitative estimate of drug-likeness (QED) is 0.382. The summed E-state index contributed by atoms with van der Waals surface area (Å²) >= 11 is 6.02. The summed E-state index contributed by atoms with van der Waals surface area (Å²) < 4.78 is 1.53. The molecule has 0 spiro atoms. The highest BCUT2D eigenvalue weighted by Crippen LogP contribution is 2.20. The van der Waals surface area contributed by atoms with Crippen molar-refractivity contribution in [3.05, 3.63) is 77.0 Å². The summed E-state index contributed by atoms with van der Waals surface area (Å²) in [4.78, 5) is 12.1. The fraction of sp³-hybridized carbons (Fsp3) is 0.0952. The van der Waals surface area contributed by atoms with Gasteiger partial charge in [-0.3, -0.25) is 20.4 Å². The van der Waals surface area contributed by atoms with Crippen LogP contribution < -0.4 is 16.5 Å². The lowest BCUT2D eigenvalue weighted by molar-refractivity contribution is 0.939. The first-order valence-electron chi connectivity index (χ1n) is 9.04. The molecule has 8 nitrogen and oxygen atoms in total. The largest absolute Gasteiger partial charge is 0.390 e. The van der Waals surface area contributed by atoms with Gasteiger partial charge in [0.2, 0.25) is 5.96 Å². The lowest BCUT2D eigenvalue weighted by Gasteiger charge is -2.11.